The van der Waals surface area contributed by atoms with E-state index in [1.807, 2.05) is 24.3 Å². The Morgan fingerprint density at radius 2 is 0.833 bits per heavy atom. The second-order valence-corrected chi connectivity index (χ2v) is 20.2. The van der Waals surface area contributed by atoms with Crippen molar-refractivity contribution < 1.29 is 0 Å². The van der Waals surface area contributed by atoms with Gasteiger partial charge in [-0.1, -0.05) is 131 Å². The summed E-state index contributed by atoms with van der Waals surface area (Å²) in [6, 6.07) is 45.9. The molecular formula is C56H58N4. The predicted octanol–water partition coefficient (Wildman–Crippen LogP) is 14.3. The number of nitrogens with zero attached hydrogens (tertiary/aromatic N) is 4. The van der Waals surface area contributed by atoms with Crippen LogP contribution < -0.4 is 0 Å². The maximum absolute atomic E-state index is 9.57. The lowest BCUT2D eigenvalue weighted by Crippen LogP contribution is -2.42. The molecule has 1 heterocycles. The van der Waals surface area contributed by atoms with Crippen LogP contribution in [0, 0.1) is 46.8 Å². The van der Waals surface area contributed by atoms with Gasteiger partial charge in [-0.25, -0.2) is 15.0 Å². The molecule has 4 aliphatic carbocycles. The van der Waals surface area contributed by atoms with Gasteiger partial charge in [0.2, 0.25) is 0 Å². The van der Waals surface area contributed by atoms with Crippen molar-refractivity contribution >= 4 is 0 Å². The van der Waals surface area contributed by atoms with Crippen LogP contribution in [0.3, 0.4) is 0 Å². The number of hydrogen-bond acceptors (Lipinski definition) is 4. The molecule has 1 aromatic heterocycles. The van der Waals surface area contributed by atoms with E-state index in [1.165, 1.54) is 75.3 Å². The second kappa shape index (κ2) is 15.6. The lowest BCUT2D eigenvalue weighted by atomic mass is 9.54. The number of aromatic nitrogens is 3. The van der Waals surface area contributed by atoms with Crippen molar-refractivity contribution in [3.63, 3.8) is 0 Å². The molecule has 4 nitrogen and oxygen atoms in total. The molecule has 2 unspecified atom stereocenters. The van der Waals surface area contributed by atoms with Crippen LogP contribution in [0.5, 0.6) is 0 Å². The molecule has 0 saturated heterocycles. The molecule has 8 atom stereocenters. The third-order valence-electron chi connectivity index (χ3n) is 15.1. The zero-order valence-electron chi connectivity index (χ0n) is 35.9. The van der Waals surface area contributed by atoms with E-state index in [2.05, 4.69) is 131 Å². The van der Waals surface area contributed by atoms with Gasteiger partial charge in [-0.05, 0) is 162 Å². The molecule has 10 rings (SSSR count). The Morgan fingerprint density at radius 3 is 1.28 bits per heavy atom. The van der Waals surface area contributed by atoms with Crippen molar-refractivity contribution in [3.05, 3.63) is 138 Å². The van der Waals surface area contributed by atoms with E-state index in [1.54, 1.807) is 0 Å². The van der Waals surface area contributed by atoms with E-state index < -0.39 is 0 Å². The third kappa shape index (κ3) is 7.40. The average Bonchev–Trinajstić information content (AvgIpc) is 3.25. The van der Waals surface area contributed by atoms with Crippen LogP contribution in [0.4, 0.5) is 0 Å². The normalized spacial score (nSPS) is 28.4. The van der Waals surface area contributed by atoms with Crippen LogP contribution in [-0.2, 0) is 10.8 Å². The van der Waals surface area contributed by atoms with Gasteiger partial charge >= 0.3 is 0 Å². The fraction of sp³-hybridized carbons (Fsp3) is 0.393. The molecule has 0 radical (unpaired) electrons. The summed E-state index contributed by atoms with van der Waals surface area (Å²) >= 11 is 0. The van der Waals surface area contributed by atoms with Gasteiger partial charge < -0.3 is 0 Å². The first-order chi connectivity index (χ1) is 29.1. The highest BCUT2D eigenvalue weighted by Crippen LogP contribution is 2.55. The maximum atomic E-state index is 9.57. The molecule has 0 spiro atoms. The highest BCUT2D eigenvalue weighted by atomic mass is 15.0. The van der Waals surface area contributed by atoms with Gasteiger partial charge in [0.1, 0.15) is 0 Å². The molecule has 60 heavy (non-hydrogen) atoms. The number of rotatable bonds is 7. The van der Waals surface area contributed by atoms with E-state index in [0.717, 1.165) is 74.5 Å². The average molecular weight is 787 g/mol. The summed E-state index contributed by atoms with van der Waals surface area (Å²) < 4.78 is 0. The number of nitriles is 1. The molecule has 302 valence electrons. The van der Waals surface area contributed by atoms with Crippen LogP contribution in [0.2, 0.25) is 0 Å². The number of fused-ring (bicyclic) bond motifs is 4. The standard InChI is InChI=1S/C56H58N4/c1-36-24-41-25-37(2)30-55(29-36,33-41)48-19-14-45(15-20-48)52-58-53(46-16-21-49(22-17-46)56-31-38(3)26-42(34-56)27-39(4)32-56)60-54(59-52)47-18-23-50(43-8-6-5-7-9-43)51(28-47)44-12-10-40(35-57)11-13-44/h5-23,28,36-39,41-42H,24-27,29-34H2,1-4H3/t36-,37+,38-,39+,41-,42-,55?,56?. The molecule has 4 heteroatoms. The van der Waals surface area contributed by atoms with Crippen molar-refractivity contribution in [1.82, 2.24) is 15.0 Å². The van der Waals surface area contributed by atoms with Gasteiger partial charge in [-0.2, -0.15) is 5.26 Å². The number of hydrogen-bond donors (Lipinski definition) is 0. The number of benzene rings is 5. The van der Waals surface area contributed by atoms with E-state index in [4.69, 9.17) is 15.0 Å². The van der Waals surface area contributed by atoms with E-state index >= 15 is 0 Å². The van der Waals surface area contributed by atoms with Crippen molar-refractivity contribution in [1.29, 1.82) is 5.26 Å². The van der Waals surface area contributed by atoms with Gasteiger partial charge in [0.25, 0.3) is 0 Å². The molecule has 4 aliphatic rings. The van der Waals surface area contributed by atoms with Crippen molar-refractivity contribution in [2.75, 3.05) is 0 Å². The minimum Gasteiger partial charge on any atom is -0.208 e. The van der Waals surface area contributed by atoms with Gasteiger partial charge in [0.15, 0.2) is 17.5 Å². The van der Waals surface area contributed by atoms with E-state index in [0.29, 0.717) is 23.0 Å². The topological polar surface area (TPSA) is 62.5 Å². The monoisotopic (exact) mass is 786 g/mol. The van der Waals surface area contributed by atoms with Gasteiger partial charge in [0, 0.05) is 16.7 Å². The van der Waals surface area contributed by atoms with Crippen LogP contribution in [0.25, 0.3) is 56.4 Å². The molecule has 4 saturated carbocycles. The first-order valence-electron chi connectivity index (χ1n) is 22.8. The molecular weight excluding hydrogens is 729 g/mol. The lowest BCUT2D eigenvalue weighted by Gasteiger charge is -2.50. The highest BCUT2D eigenvalue weighted by Gasteiger charge is 2.46. The summed E-state index contributed by atoms with van der Waals surface area (Å²) in [6.07, 6.45) is 13.3. The quantitative estimate of drug-likeness (QED) is 0.162. The van der Waals surface area contributed by atoms with Gasteiger partial charge in [0.05, 0.1) is 11.6 Å². The van der Waals surface area contributed by atoms with Crippen LogP contribution in [0.15, 0.2) is 121 Å². The first kappa shape index (κ1) is 38.8. The third-order valence-corrected chi connectivity index (χ3v) is 15.1. The second-order valence-electron chi connectivity index (χ2n) is 20.2. The van der Waals surface area contributed by atoms with Crippen LogP contribution in [-0.4, -0.2) is 15.0 Å². The molecule has 0 amide bonds. The van der Waals surface area contributed by atoms with Gasteiger partial charge in [-0.3, -0.25) is 0 Å². The SMILES string of the molecule is C[C@@H]1C[C@@H]2C[C@H](C)CC(c3ccc(-c4nc(-c5ccc(C67C[C@H](C)C[C@H](C[C@H](C)C6)C7)cc5)nc(-c5ccc(-c6ccccc6)c(-c6ccc(C#N)cc6)c5)n4)cc3)(C1)C2. The lowest BCUT2D eigenvalue weighted by molar-refractivity contribution is 0.0779. The zero-order valence-corrected chi connectivity index (χ0v) is 35.9. The predicted molar refractivity (Wildman–Crippen MR) is 245 cm³/mol. The molecule has 4 bridgehead atoms. The Bertz CT molecular complexity index is 2390. The van der Waals surface area contributed by atoms with Crippen LogP contribution >= 0.6 is 0 Å². The Labute approximate surface area is 357 Å². The zero-order chi connectivity index (χ0) is 41.0. The Morgan fingerprint density at radius 1 is 0.433 bits per heavy atom. The molecule has 4 fully saturated rings. The molecule has 0 aliphatic heterocycles. The first-order valence-corrected chi connectivity index (χ1v) is 22.8. The van der Waals surface area contributed by atoms with Crippen molar-refractivity contribution in [2.45, 2.75) is 103 Å². The van der Waals surface area contributed by atoms with Crippen molar-refractivity contribution in [2.24, 2.45) is 35.5 Å². The van der Waals surface area contributed by atoms with Gasteiger partial charge in [-0.15, -0.1) is 0 Å². The maximum Gasteiger partial charge on any atom is 0.164 e. The minimum absolute atomic E-state index is 0.268. The van der Waals surface area contributed by atoms with Crippen LogP contribution in [0.1, 0.15) is 109 Å². The smallest absolute Gasteiger partial charge is 0.164 e. The molecule has 5 aromatic carbocycles. The molecule has 6 aromatic rings. The summed E-state index contributed by atoms with van der Waals surface area (Å²) in [7, 11) is 0. The Balaban J connectivity index is 1.07. The Hall–Kier alpha value is -5.40. The summed E-state index contributed by atoms with van der Waals surface area (Å²) in [5.41, 5.74) is 11.5. The summed E-state index contributed by atoms with van der Waals surface area (Å²) in [4.78, 5) is 15.8. The molecule has 0 N–H and O–H groups in total. The summed E-state index contributed by atoms with van der Waals surface area (Å²) in [5, 5.41) is 9.57. The Kier molecular flexibility index (Phi) is 10.1. The summed E-state index contributed by atoms with van der Waals surface area (Å²) in [6.45, 7) is 9.86. The summed E-state index contributed by atoms with van der Waals surface area (Å²) in [5.74, 6) is 6.80. The van der Waals surface area contributed by atoms with E-state index in [-0.39, 0.29) is 10.8 Å². The van der Waals surface area contributed by atoms with E-state index in [9.17, 15) is 5.26 Å². The fourth-order valence-corrected chi connectivity index (χ4v) is 13.3. The fourth-order valence-electron chi connectivity index (χ4n) is 13.3. The minimum atomic E-state index is 0.268. The van der Waals surface area contributed by atoms with Crippen molar-refractivity contribution in [3.8, 4) is 62.5 Å². The highest BCUT2D eigenvalue weighted by molar-refractivity contribution is 5.87. The largest absolute Gasteiger partial charge is 0.208 e.